The van der Waals surface area contributed by atoms with Gasteiger partial charge in [0.25, 0.3) is 0 Å². The summed E-state index contributed by atoms with van der Waals surface area (Å²) in [5.41, 5.74) is -0.339. The van der Waals surface area contributed by atoms with Crippen LogP contribution in [-0.2, 0) is 9.53 Å². The van der Waals surface area contributed by atoms with Gasteiger partial charge in [-0.15, -0.1) is 0 Å². The van der Waals surface area contributed by atoms with E-state index < -0.39 is 0 Å². The van der Waals surface area contributed by atoms with Crippen LogP contribution in [0.15, 0.2) is 0 Å². The highest BCUT2D eigenvalue weighted by Crippen LogP contribution is 2.31. The van der Waals surface area contributed by atoms with Crippen molar-refractivity contribution in [1.29, 1.82) is 0 Å². The molecule has 0 spiro atoms. The minimum Gasteiger partial charge on any atom is -0.460 e. The first-order chi connectivity index (χ1) is 6.92. The van der Waals surface area contributed by atoms with Crippen LogP contribution in [0, 0.1) is 11.8 Å². The Morgan fingerprint density at radius 1 is 1.40 bits per heavy atom. The zero-order valence-corrected chi connectivity index (χ0v) is 12.0. The number of hydrogen-bond acceptors (Lipinski definition) is 2. The van der Waals surface area contributed by atoms with Crippen molar-refractivity contribution in [2.24, 2.45) is 11.8 Å². The third-order valence-electron chi connectivity index (χ3n) is 2.74. The van der Waals surface area contributed by atoms with Gasteiger partial charge in [-0.1, -0.05) is 29.0 Å². The smallest absolute Gasteiger partial charge is 0.309 e. The van der Waals surface area contributed by atoms with E-state index in [9.17, 15) is 4.79 Å². The maximum absolute atomic E-state index is 11.9. The number of ether oxygens (including phenoxy) is 1. The Morgan fingerprint density at radius 3 is 2.60 bits per heavy atom. The number of hydrogen-bond donors (Lipinski definition) is 0. The van der Waals surface area contributed by atoms with E-state index in [0.29, 0.717) is 0 Å². The van der Waals surface area contributed by atoms with E-state index in [1.54, 1.807) is 0 Å². The summed E-state index contributed by atoms with van der Waals surface area (Å²) in [6.07, 6.45) is 4.50. The molecule has 2 nitrogen and oxygen atoms in total. The first-order valence-electron chi connectivity index (χ1n) is 5.71. The fraction of sp³-hybridized carbons (Fsp3) is 0.917. The first-order valence-corrected chi connectivity index (χ1v) is 7.24. The molecule has 88 valence electrons. The molecule has 0 aromatic heterocycles. The maximum atomic E-state index is 11.9. The predicted molar refractivity (Wildman–Crippen MR) is 70.2 cm³/mol. The van der Waals surface area contributed by atoms with Gasteiger partial charge in [-0.05, 0) is 46.0 Å². The summed E-state index contributed by atoms with van der Waals surface area (Å²) in [6, 6.07) is 0. The van der Waals surface area contributed by atoms with Crippen molar-refractivity contribution in [3.8, 4) is 0 Å². The number of halogens is 1. The molecular formula is C12H21IO2. The molecular weight excluding hydrogens is 303 g/mol. The standard InChI is InChI=1S/C12H21IO2/c1-12(2,3)15-11(14)10-6-4-5-9(7-10)8-13/h9-10H,4-8H2,1-3H3. The average Bonchev–Trinajstić information content (AvgIpc) is 2.15. The van der Waals surface area contributed by atoms with Crippen LogP contribution in [0.4, 0.5) is 0 Å². The molecule has 1 aliphatic carbocycles. The van der Waals surface area contributed by atoms with Crippen LogP contribution >= 0.6 is 22.6 Å². The maximum Gasteiger partial charge on any atom is 0.309 e. The van der Waals surface area contributed by atoms with Gasteiger partial charge in [0.2, 0.25) is 0 Å². The fourth-order valence-corrected chi connectivity index (χ4v) is 2.83. The molecule has 2 atom stereocenters. The third kappa shape index (κ3) is 4.70. The van der Waals surface area contributed by atoms with Crippen molar-refractivity contribution in [1.82, 2.24) is 0 Å². The van der Waals surface area contributed by atoms with Crippen molar-refractivity contribution >= 4 is 28.6 Å². The van der Waals surface area contributed by atoms with Crippen LogP contribution in [0.5, 0.6) is 0 Å². The number of carbonyl (C=O) groups excluding carboxylic acids is 1. The molecule has 0 aliphatic heterocycles. The second kappa shape index (κ2) is 5.51. The Morgan fingerprint density at radius 2 is 2.07 bits per heavy atom. The highest BCUT2D eigenvalue weighted by molar-refractivity contribution is 14.1. The van der Waals surface area contributed by atoms with Crippen LogP contribution in [0.25, 0.3) is 0 Å². The Bertz CT molecular complexity index is 220. The molecule has 1 fully saturated rings. The van der Waals surface area contributed by atoms with Gasteiger partial charge < -0.3 is 4.74 Å². The van der Waals surface area contributed by atoms with Crippen molar-refractivity contribution in [2.75, 3.05) is 4.43 Å². The van der Waals surface area contributed by atoms with E-state index in [1.165, 1.54) is 12.8 Å². The summed E-state index contributed by atoms with van der Waals surface area (Å²) < 4.78 is 6.59. The minimum absolute atomic E-state index is 0.0112. The summed E-state index contributed by atoms with van der Waals surface area (Å²) in [6.45, 7) is 5.80. The Hall–Kier alpha value is 0.200. The van der Waals surface area contributed by atoms with E-state index >= 15 is 0 Å². The zero-order chi connectivity index (χ0) is 11.5. The SMILES string of the molecule is CC(C)(C)OC(=O)C1CCCC(CI)C1. The molecule has 0 amide bonds. The molecule has 15 heavy (non-hydrogen) atoms. The van der Waals surface area contributed by atoms with E-state index in [0.717, 1.165) is 23.2 Å². The van der Waals surface area contributed by atoms with Crippen LogP contribution in [0.1, 0.15) is 46.5 Å². The molecule has 0 aromatic rings. The minimum atomic E-state index is -0.339. The molecule has 0 radical (unpaired) electrons. The van der Waals surface area contributed by atoms with Crippen LogP contribution in [0.3, 0.4) is 0 Å². The largest absolute Gasteiger partial charge is 0.460 e. The second-order valence-electron chi connectivity index (χ2n) is 5.42. The van der Waals surface area contributed by atoms with E-state index in [2.05, 4.69) is 22.6 Å². The summed E-state index contributed by atoms with van der Waals surface area (Å²) in [5, 5.41) is 0. The lowest BCUT2D eigenvalue weighted by molar-refractivity contribution is -0.161. The predicted octanol–water partition coefficient (Wildman–Crippen LogP) is 3.57. The lowest BCUT2D eigenvalue weighted by atomic mass is 9.82. The molecule has 0 N–H and O–H groups in total. The normalized spacial score (nSPS) is 27.5. The monoisotopic (exact) mass is 324 g/mol. The van der Waals surface area contributed by atoms with Crippen LogP contribution in [0.2, 0.25) is 0 Å². The molecule has 1 saturated carbocycles. The van der Waals surface area contributed by atoms with Gasteiger partial charge in [-0.3, -0.25) is 4.79 Å². The highest BCUT2D eigenvalue weighted by atomic mass is 127. The second-order valence-corrected chi connectivity index (χ2v) is 6.30. The van der Waals surface area contributed by atoms with Crippen molar-refractivity contribution in [3.05, 3.63) is 0 Å². The van der Waals surface area contributed by atoms with Crippen molar-refractivity contribution in [2.45, 2.75) is 52.1 Å². The molecule has 0 aromatic carbocycles. The van der Waals surface area contributed by atoms with Crippen molar-refractivity contribution < 1.29 is 9.53 Å². The molecule has 1 aliphatic rings. The molecule has 0 saturated heterocycles. The number of esters is 1. The van der Waals surface area contributed by atoms with Gasteiger partial charge in [0.05, 0.1) is 5.92 Å². The first kappa shape index (κ1) is 13.3. The highest BCUT2D eigenvalue weighted by Gasteiger charge is 2.30. The van der Waals surface area contributed by atoms with Gasteiger partial charge in [-0.2, -0.15) is 0 Å². The quantitative estimate of drug-likeness (QED) is 0.441. The van der Waals surface area contributed by atoms with Gasteiger partial charge >= 0.3 is 5.97 Å². The third-order valence-corrected chi connectivity index (χ3v) is 3.99. The topological polar surface area (TPSA) is 26.3 Å². The molecule has 1 rings (SSSR count). The number of rotatable bonds is 2. The number of alkyl halides is 1. The summed E-state index contributed by atoms with van der Waals surface area (Å²) >= 11 is 2.42. The number of carbonyl (C=O) groups is 1. The van der Waals surface area contributed by atoms with Crippen LogP contribution < -0.4 is 0 Å². The molecule has 0 heterocycles. The van der Waals surface area contributed by atoms with Gasteiger partial charge in [0, 0.05) is 4.43 Å². The van der Waals surface area contributed by atoms with Gasteiger partial charge in [-0.25, -0.2) is 0 Å². The lowest BCUT2D eigenvalue weighted by Gasteiger charge is -2.29. The molecule has 0 bridgehead atoms. The van der Waals surface area contributed by atoms with E-state index in [-0.39, 0.29) is 17.5 Å². The fourth-order valence-electron chi connectivity index (χ4n) is 2.03. The Labute approximate surface area is 106 Å². The zero-order valence-electron chi connectivity index (χ0n) is 9.88. The van der Waals surface area contributed by atoms with E-state index in [1.807, 2.05) is 20.8 Å². The van der Waals surface area contributed by atoms with Gasteiger partial charge in [0.15, 0.2) is 0 Å². The summed E-state index contributed by atoms with van der Waals surface area (Å²) in [4.78, 5) is 11.9. The van der Waals surface area contributed by atoms with Crippen LogP contribution in [-0.4, -0.2) is 16.0 Å². The lowest BCUT2D eigenvalue weighted by Crippen LogP contribution is -2.31. The Kier molecular flexibility index (Phi) is 4.87. The average molecular weight is 324 g/mol. The molecule has 2 unspecified atom stereocenters. The van der Waals surface area contributed by atoms with Gasteiger partial charge in [0.1, 0.15) is 5.60 Å². The van der Waals surface area contributed by atoms with E-state index in [4.69, 9.17) is 4.74 Å². The van der Waals surface area contributed by atoms with Crippen molar-refractivity contribution in [3.63, 3.8) is 0 Å². The summed E-state index contributed by atoms with van der Waals surface area (Å²) in [5.74, 6) is 0.881. The summed E-state index contributed by atoms with van der Waals surface area (Å²) in [7, 11) is 0. The Balaban J connectivity index is 2.45. The molecule has 3 heteroatoms.